The van der Waals surface area contributed by atoms with Crippen LogP contribution in [0.2, 0.25) is 0 Å². The first-order valence-corrected chi connectivity index (χ1v) is 6.10. The first kappa shape index (κ1) is 11.8. The van der Waals surface area contributed by atoms with Crippen LogP contribution in [-0.4, -0.2) is 19.1 Å². The van der Waals surface area contributed by atoms with E-state index in [-0.39, 0.29) is 17.7 Å². The second-order valence-corrected chi connectivity index (χ2v) is 4.60. The molecule has 98 valence electrons. The number of rotatable bonds is 3. The number of methoxy groups -OCH3 is 1. The van der Waals surface area contributed by atoms with Crippen molar-refractivity contribution in [1.82, 2.24) is 5.32 Å². The van der Waals surface area contributed by atoms with Gasteiger partial charge >= 0.3 is 5.63 Å². The minimum Gasteiger partial charge on any atom is -0.497 e. The van der Waals surface area contributed by atoms with Crippen LogP contribution in [0.3, 0.4) is 0 Å². The Bertz CT molecular complexity index is 700. The lowest BCUT2D eigenvalue weighted by Gasteiger charge is -2.05. The normalized spacial score (nSPS) is 14.4. The summed E-state index contributed by atoms with van der Waals surface area (Å²) in [7, 11) is 1.55. The highest BCUT2D eigenvalue weighted by atomic mass is 16.5. The molecule has 1 aromatic heterocycles. The van der Waals surface area contributed by atoms with E-state index in [1.54, 1.807) is 31.4 Å². The van der Waals surface area contributed by atoms with Crippen LogP contribution >= 0.6 is 0 Å². The summed E-state index contributed by atoms with van der Waals surface area (Å²) in [4.78, 5) is 23.7. The molecule has 0 saturated heterocycles. The predicted octanol–water partition coefficient (Wildman–Crippen LogP) is 1.69. The molecule has 0 spiro atoms. The van der Waals surface area contributed by atoms with E-state index in [9.17, 15) is 9.59 Å². The molecular formula is C14H13NO4. The van der Waals surface area contributed by atoms with E-state index in [1.165, 1.54) is 0 Å². The van der Waals surface area contributed by atoms with E-state index < -0.39 is 5.63 Å². The van der Waals surface area contributed by atoms with Crippen LogP contribution in [0.25, 0.3) is 10.8 Å². The molecular weight excluding hydrogens is 246 g/mol. The quantitative estimate of drug-likeness (QED) is 0.910. The third-order valence-electron chi connectivity index (χ3n) is 3.10. The SMILES string of the molecule is COc1ccc2c(=O)oc(C(=O)NC3CC3)cc2c1. The number of amides is 1. The lowest BCUT2D eigenvalue weighted by atomic mass is 10.1. The van der Waals surface area contributed by atoms with Crippen LogP contribution in [0.15, 0.2) is 33.5 Å². The van der Waals surface area contributed by atoms with E-state index >= 15 is 0 Å². The van der Waals surface area contributed by atoms with Gasteiger partial charge in [0.2, 0.25) is 0 Å². The van der Waals surface area contributed by atoms with Crippen molar-refractivity contribution in [3.05, 3.63) is 40.4 Å². The van der Waals surface area contributed by atoms with Crippen molar-refractivity contribution in [3.63, 3.8) is 0 Å². The van der Waals surface area contributed by atoms with Gasteiger partial charge in [-0.1, -0.05) is 0 Å². The van der Waals surface area contributed by atoms with Gasteiger partial charge in [-0.2, -0.15) is 0 Å². The fourth-order valence-corrected chi connectivity index (χ4v) is 1.89. The summed E-state index contributed by atoms with van der Waals surface area (Å²) in [6, 6.07) is 6.81. The number of benzene rings is 1. The monoisotopic (exact) mass is 259 g/mol. The molecule has 0 aliphatic heterocycles. The molecule has 3 rings (SSSR count). The van der Waals surface area contributed by atoms with Gasteiger partial charge in [0.1, 0.15) is 5.75 Å². The van der Waals surface area contributed by atoms with Gasteiger partial charge < -0.3 is 14.5 Å². The van der Waals surface area contributed by atoms with Crippen molar-refractivity contribution >= 4 is 16.7 Å². The van der Waals surface area contributed by atoms with Crippen LogP contribution in [0.4, 0.5) is 0 Å². The zero-order chi connectivity index (χ0) is 13.4. The standard InChI is InChI=1S/C14H13NO4/c1-18-10-4-5-11-8(6-10)7-12(19-14(11)17)13(16)15-9-2-3-9/h4-7,9H,2-3H2,1H3,(H,15,16). The molecule has 2 aromatic rings. The molecule has 1 aromatic carbocycles. The Hall–Kier alpha value is -2.30. The molecule has 19 heavy (non-hydrogen) atoms. The van der Waals surface area contributed by atoms with Crippen LogP contribution in [-0.2, 0) is 0 Å². The van der Waals surface area contributed by atoms with E-state index in [4.69, 9.17) is 9.15 Å². The summed E-state index contributed by atoms with van der Waals surface area (Å²) < 4.78 is 10.1. The van der Waals surface area contributed by atoms with Crippen molar-refractivity contribution in [3.8, 4) is 5.75 Å². The van der Waals surface area contributed by atoms with Gasteiger partial charge in [0, 0.05) is 6.04 Å². The van der Waals surface area contributed by atoms with E-state index in [1.807, 2.05) is 0 Å². The Morgan fingerprint density at radius 1 is 1.37 bits per heavy atom. The second kappa shape index (κ2) is 4.42. The molecule has 1 amide bonds. The summed E-state index contributed by atoms with van der Waals surface area (Å²) in [5, 5.41) is 3.86. The molecule has 0 atom stereocenters. The first-order chi connectivity index (χ1) is 9.17. The van der Waals surface area contributed by atoms with E-state index in [0.29, 0.717) is 16.5 Å². The van der Waals surface area contributed by atoms with Gasteiger partial charge in [-0.15, -0.1) is 0 Å². The van der Waals surface area contributed by atoms with Gasteiger partial charge in [-0.25, -0.2) is 4.79 Å². The highest BCUT2D eigenvalue weighted by Crippen LogP contribution is 2.21. The third kappa shape index (κ3) is 2.31. The Kier molecular flexibility index (Phi) is 2.74. The number of carbonyl (C=O) groups excluding carboxylic acids is 1. The summed E-state index contributed by atoms with van der Waals surface area (Å²) >= 11 is 0. The number of carbonyl (C=O) groups is 1. The maximum Gasteiger partial charge on any atom is 0.344 e. The Morgan fingerprint density at radius 2 is 2.16 bits per heavy atom. The summed E-state index contributed by atoms with van der Waals surface area (Å²) in [6.07, 6.45) is 1.97. The molecule has 5 nitrogen and oxygen atoms in total. The molecule has 1 aliphatic rings. The minimum absolute atomic E-state index is 0.0395. The molecule has 1 aliphatic carbocycles. The largest absolute Gasteiger partial charge is 0.497 e. The molecule has 1 N–H and O–H groups in total. The van der Waals surface area contributed by atoms with Crippen LogP contribution in [0, 0.1) is 0 Å². The molecule has 0 unspecified atom stereocenters. The smallest absolute Gasteiger partial charge is 0.344 e. The highest BCUT2D eigenvalue weighted by molar-refractivity contribution is 5.95. The van der Waals surface area contributed by atoms with Crippen molar-refractivity contribution in [2.24, 2.45) is 0 Å². The van der Waals surface area contributed by atoms with E-state index in [2.05, 4.69) is 5.32 Å². The minimum atomic E-state index is -0.513. The zero-order valence-corrected chi connectivity index (χ0v) is 10.4. The number of ether oxygens (including phenoxy) is 1. The molecule has 1 saturated carbocycles. The molecule has 1 heterocycles. The maximum atomic E-state index is 11.9. The number of nitrogens with one attached hydrogen (secondary N) is 1. The number of hydrogen-bond acceptors (Lipinski definition) is 4. The summed E-state index contributed by atoms with van der Waals surface area (Å²) in [5.41, 5.74) is -0.513. The topological polar surface area (TPSA) is 68.5 Å². The average Bonchev–Trinajstić information content (AvgIpc) is 3.21. The van der Waals surface area contributed by atoms with E-state index in [0.717, 1.165) is 12.8 Å². The van der Waals surface area contributed by atoms with Crippen LogP contribution in [0.5, 0.6) is 5.75 Å². The van der Waals surface area contributed by atoms with Gasteiger partial charge in [0.05, 0.1) is 12.5 Å². The van der Waals surface area contributed by atoms with Gasteiger partial charge in [0.25, 0.3) is 5.91 Å². The molecule has 1 fully saturated rings. The lowest BCUT2D eigenvalue weighted by Crippen LogP contribution is -2.26. The maximum absolute atomic E-state index is 11.9. The lowest BCUT2D eigenvalue weighted by molar-refractivity contribution is 0.0919. The first-order valence-electron chi connectivity index (χ1n) is 6.10. The fraction of sp³-hybridized carbons (Fsp3) is 0.286. The van der Waals surface area contributed by atoms with Crippen LogP contribution in [0.1, 0.15) is 23.4 Å². The summed E-state index contributed by atoms with van der Waals surface area (Å²) in [6.45, 7) is 0. The van der Waals surface area contributed by atoms with Gasteiger partial charge in [0.15, 0.2) is 5.76 Å². The van der Waals surface area contributed by atoms with Gasteiger partial charge in [-0.05, 0) is 42.5 Å². The molecule has 5 heteroatoms. The number of fused-ring (bicyclic) bond motifs is 1. The van der Waals surface area contributed by atoms with Gasteiger partial charge in [-0.3, -0.25) is 4.79 Å². The van der Waals surface area contributed by atoms with Crippen molar-refractivity contribution < 1.29 is 13.9 Å². The van der Waals surface area contributed by atoms with Crippen molar-refractivity contribution in [2.45, 2.75) is 18.9 Å². The Morgan fingerprint density at radius 3 is 2.84 bits per heavy atom. The zero-order valence-electron chi connectivity index (χ0n) is 10.4. The third-order valence-corrected chi connectivity index (χ3v) is 3.10. The Balaban J connectivity index is 2.05. The van der Waals surface area contributed by atoms with Crippen molar-refractivity contribution in [2.75, 3.05) is 7.11 Å². The highest BCUT2D eigenvalue weighted by Gasteiger charge is 2.25. The fourth-order valence-electron chi connectivity index (χ4n) is 1.89. The average molecular weight is 259 g/mol. The van der Waals surface area contributed by atoms with Crippen molar-refractivity contribution in [1.29, 1.82) is 0 Å². The number of hydrogen-bond donors (Lipinski definition) is 1. The molecule has 0 bridgehead atoms. The molecule has 0 radical (unpaired) electrons. The predicted molar refractivity (Wildman–Crippen MR) is 69.5 cm³/mol. The second-order valence-electron chi connectivity index (χ2n) is 4.60. The Labute approximate surface area is 109 Å². The summed E-state index contributed by atoms with van der Waals surface area (Å²) in [5.74, 6) is 0.327. The van der Waals surface area contributed by atoms with Crippen LogP contribution < -0.4 is 15.7 Å².